The first-order valence-electron chi connectivity index (χ1n) is 7.03. The van der Waals surface area contributed by atoms with Crippen molar-refractivity contribution >= 4 is 16.9 Å². The van der Waals surface area contributed by atoms with E-state index in [1.54, 1.807) is 16.8 Å². The Bertz CT molecular complexity index is 804. The lowest BCUT2D eigenvalue weighted by molar-refractivity contribution is -0.674. The zero-order valence-electron chi connectivity index (χ0n) is 12.2. The van der Waals surface area contributed by atoms with Crippen molar-refractivity contribution in [3.05, 3.63) is 66.0 Å². The van der Waals surface area contributed by atoms with Gasteiger partial charge in [-0.25, -0.2) is 4.57 Å². The number of nitrogens with zero attached hydrogens (tertiary/aromatic N) is 3. The van der Waals surface area contributed by atoms with Crippen molar-refractivity contribution < 1.29 is 9.67 Å². The Hall–Kier alpha value is -2.62. The molecule has 0 unspecified atom stereocenters. The number of rotatable bonds is 3. The van der Waals surface area contributed by atoms with Gasteiger partial charge in [0.15, 0.2) is 5.52 Å². The number of benzene rings is 2. The monoisotopic (exact) mass is 279 g/mol. The van der Waals surface area contributed by atoms with Crippen molar-refractivity contribution in [1.82, 2.24) is 4.68 Å². The van der Waals surface area contributed by atoms with Crippen molar-refractivity contribution in [3.63, 3.8) is 0 Å². The molecule has 1 aromatic heterocycles. The minimum absolute atomic E-state index is 0.234. The van der Waals surface area contributed by atoms with Crippen LogP contribution in [0.15, 0.2) is 59.7 Å². The second-order valence-corrected chi connectivity index (χ2v) is 4.86. The zero-order valence-corrected chi connectivity index (χ0v) is 12.2. The summed E-state index contributed by atoms with van der Waals surface area (Å²) in [6.45, 7) is 4.91. The Kier molecular flexibility index (Phi) is 3.44. The van der Waals surface area contributed by atoms with E-state index in [2.05, 4.69) is 16.6 Å². The van der Waals surface area contributed by atoms with Gasteiger partial charge in [-0.3, -0.25) is 0 Å². The molecule has 2 aromatic carbocycles. The van der Waals surface area contributed by atoms with E-state index >= 15 is 0 Å². The van der Waals surface area contributed by atoms with E-state index in [-0.39, 0.29) is 5.90 Å². The number of hydrogen-bond acceptors (Lipinski definition) is 2. The summed E-state index contributed by atoms with van der Waals surface area (Å²) in [5.41, 5.74) is 2.63. The van der Waals surface area contributed by atoms with Gasteiger partial charge in [0.2, 0.25) is 5.52 Å². The van der Waals surface area contributed by atoms with Crippen LogP contribution >= 0.6 is 0 Å². The number of para-hydroxylation sites is 2. The molecule has 0 atom stereocenters. The maximum atomic E-state index is 12.3. The average Bonchev–Trinajstić information content (AvgIpc) is 2.80. The first-order valence-corrected chi connectivity index (χ1v) is 7.03. The summed E-state index contributed by atoms with van der Waals surface area (Å²) in [5.74, 6) is 0.714. The van der Waals surface area contributed by atoms with Crippen LogP contribution in [0.2, 0.25) is 0 Å². The van der Waals surface area contributed by atoms with Gasteiger partial charge in [-0.2, -0.15) is 0 Å². The van der Waals surface area contributed by atoms with Crippen molar-refractivity contribution in [2.45, 2.75) is 20.4 Å². The molecular formula is C17H17N3O. The van der Waals surface area contributed by atoms with E-state index in [0.717, 1.165) is 23.4 Å². The molecular weight excluding hydrogens is 262 g/mol. The SMILES string of the molecule is CC[n+]1c(C)n(N=C([O-])c2ccccc2)c2ccccc21. The van der Waals surface area contributed by atoms with Crippen LogP contribution in [0.1, 0.15) is 18.3 Å². The summed E-state index contributed by atoms with van der Waals surface area (Å²) in [7, 11) is 0. The maximum Gasteiger partial charge on any atom is 0.280 e. The van der Waals surface area contributed by atoms with Gasteiger partial charge in [0.1, 0.15) is 0 Å². The highest BCUT2D eigenvalue weighted by Gasteiger charge is 2.19. The molecule has 0 saturated carbocycles. The van der Waals surface area contributed by atoms with E-state index in [9.17, 15) is 5.11 Å². The molecule has 0 fully saturated rings. The van der Waals surface area contributed by atoms with Gasteiger partial charge < -0.3 is 5.11 Å². The van der Waals surface area contributed by atoms with Crippen LogP contribution in [0.4, 0.5) is 0 Å². The topological polar surface area (TPSA) is 44.2 Å². The van der Waals surface area contributed by atoms with E-state index in [4.69, 9.17) is 0 Å². The van der Waals surface area contributed by atoms with E-state index < -0.39 is 0 Å². The van der Waals surface area contributed by atoms with Gasteiger partial charge in [-0.15, -0.1) is 0 Å². The quantitative estimate of drug-likeness (QED) is 0.410. The second kappa shape index (κ2) is 5.40. The normalized spacial score (nSPS) is 12.0. The summed E-state index contributed by atoms with van der Waals surface area (Å²) in [6, 6.07) is 17.1. The van der Waals surface area contributed by atoms with Crippen molar-refractivity contribution in [2.75, 3.05) is 0 Å². The molecule has 1 heterocycles. The zero-order chi connectivity index (χ0) is 14.8. The van der Waals surface area contributed by atoms with Crippen LogP contribution in [0.5, 0.6) is 0 Å². The molecule has 0 saturated heterocycles. The minimum atomic E-state index is -0.234. The summed E-state index contributed by atoms with van der Waals surface area (Å²) in [4.78, 5) is 0. The highest BCUT2D eigenvalue weighted by molar-refractivity contribution is 5.90. The number of imidazole rings is 1. The Labute approximate surface area is 123 Å². The average molecular weight is 279 g/mol. The standard InChI is InChI=1S/C17H17N3O/c1-3-19-13(2)20(16-12-8-7-11-15(16)19)18-17(21)14-9-5-4-6-10-14/h4-12H,3H2,1-2H3. The molecule has 106 valence electrons. The van der Waals surface area contributed by atoms with Gasteiger partial charge in [0.25, 0.3) is 5.82 Å². The van der Waals surface area contributed by atoms with Crippen LogP contribution in [0.3, 0.4) is 0 Å². The number of aryl methyl sites for hydroxylation is 1. The highest BCUT2D eigenvalue weighted by Crippen LogP contribution is 2.14. The largest absolute Gasteiger partial charge is 0.856 e. The molecule has 0 spiro atoms. The summed E-state index contributed by atoms with van der Waals surface area (Å²) in [6.07, 6.45) is 0. The minimum Gasteiger partial charge on any atom is -0.856 e. The number of hydrogen-bond donors (Lipinski definition) is 0. The molecule has 21 heavy (non-hydrogen) atoms. The first-order chi connectivity index (χ1) is 10.2. The van der Waals surface area contributed by atoms with Crippen molar-refractivity contribution in [3.8, 4) is 0 Å². The Morgan fingerprint density at radius 1 is 1.10 bits per heavy atom. The molecule has 3 rings (SSSR count). The fraction of sp³-hybridized carbons (Fsp3) is 0.176. The van der Waals surface area contributed by atoms with Gasteiger partial charge in [0, 0.05) is 12.8 Å². The molecule has 0 amide bonds. The number of aromatic nitrogens is 2. The molecule has 3 aromatic rings. The molecule has 4 nitrogen and oxygen atoms in total. The van der Waals surface area contributed by atoms with E-state index in [1.807, 2.05) is 49.4 Å². The van der Waals surface area contributed by atoms with Crippen LogP contribution in [0, 0.1) is 6.92 Å². The highest BCUT2D eigenvalue weighted by atomic mass is 16.3. The lowest BCUT2D eigenvalue weighted by Crippen LogP contribution is -2.35. The fourth-order valence-corrected chi connectivity index (χ4v) is 2.59. The molecule has 0 aliphatic carbocycles. The Balaban J connectivity index is 2.19. The van der Waals surface area contributed by atoms with Crippen LogP contribution in [0.25, 0.3) is 11.0 Å². The van der Waals surface area contributed by atoms with E-state index in [0.29, 0.717) is 5.56 Å². The predicted molar refractivity (Wildman–Crippen MR) is 80.9 cm³/mol. The fourth-order valence-electron chi connectivity index (χ4n) is 2.59. The number of fused-ring (bicyclic) bond motifs is 1. The third-order valence-corrected chi connectivity index (χ3v) is 3.63. The van der Waals surface area contributed by atoms with Gasteiger partial charge in [-0.1, -0.05) is 52.2 Å². The van der Waals surface area contributed by atoms with Crippen LogP contribution in [-0.2, 0) is 6.54 Å². The molecule has 0 radical (unpaired) electrons. The predicted octanol–water partition coefficient (Wildman–Crippen LogP) is 1.83. The summed E-state index contributed by atoms with van der Waals surface area (Å²) in [5, 5.41) is 16.6. The summed E-state index contributed by atoms with van der Waals surface area (Å²) < 4.78 is 3.88. The molecule has 0 aliphatic rings. The molecule has 0 bridgehead atoms. The van der Waals surface area contributed by atoms with Gasteiger partial charge >= 0.3 is 0 Å². The lowest BCUT2D eigenvalue weighted by atomic mass is 10.2. The first kappa shape index (κ1) is 13.4. The van der Waals surface area contributed by atoms with Gasteiger partial charge in [-0.05, 0) is 24.6 Å². The van der Waals surface area contributed by atoms with Crippen LogP contribution in [-0.4, -0.2) is 10.6 Å². The van der Waals surface area contributed by atoms with Crippen LogP contribution < -0.4 is 9.67 Å². The van der Waals surface area contributed by atoms with Crippen molar-refractivity contribution in [2.24, 2.45) is 5.10 Å². The molecule has 0 N–H and O–H groups in total. The van der Waals surface area contributed by atoms with Gasteiger partial charge in [0.05, 0.1) is 6.54 Å². The molecule has 4 heteroatoms. The van der Waals surface area contributed by atoms with Crippen molar-refractivity contribution in [1.29, 1.82) is 0 Å². The Morgan fingerprint density at radius 2 is 1.76 bits per heavy atom. The van der Waals surface area contributed by atoms with E-state index in [1.165, 1.54) is 0 Å². The lowest BCUT2D eigenvalue weighted by Gasteiger charge is -2.07. The third kappa shape index (κ3) is 2.29. The Morgan fingerprint density at radius 3 is 2.48 bits per heavy atom. The summed E-state index contributed by atoms with van der Waals surface area (Å²) >= 11 is 0. The maximum absolute atomic E-state index is 12.3. The molecule has 0 aliphatic heterocycles. The third-order valence-electron chi connectivity index (χ3n) is 3.63. The second-order valence-electron chi connectivity index (χ2n) is 4.86. The smallest absolute Gasteiger partial charge is 0.280 e.